The summed E-state index contributed by atoms with van der Waals surface area (Å²) >= 11 is 0. The lowest BCUT2D eigenvalue weighted by Gasteiger charge is -2.23. The topological polar surface area (TPSA) is 164 Å². The van der Waals surface area contributed by atoms with E-state index >= 15 is 0 Å². The van der Waals surface area contributed by atoms with Crippen LogP contribution in [0.25, 0.3) is 0 Å². The van der Waals surface area contributed by atoms with Gasteiger partial charge in [-0.25, -0.2) is 0 Å². The van der Waals surface area contributed by atoms with Crippen molar-refractivity contribution in [3.05, 3.63) is 46.8 Å². The number of nitrogens with zero attached hydrogens (tertiary/aromatic N) is 2. The molecule has 2 aromatic rings. The first-order valence-electron chi connectivity index (χ1n) is 13.1. The fourth-order valence-electron chi connectivity index (χ4n) is 4.40. The van der Waals surface area contributed by atoms with Crippen molar-refractivity contribution in [1.29, 1.82) is 0 Å². The molecule has 0 bridgehead atoms. The van der Waals surface area contributed by atoms with E-state index in [4.69, 9.17) is 4.74 Å². The van der Waals surface area contributed by atoms with E-state index in [2.05, 4.69) is 26.4 Å². The van der Waals surface area contributed by atoms with Crippen LogP contribution in [-0.4, -0.2) is 76.4 Å². The molecule has 3 atom stereocenters. The van der Waals surface area contributed by atoms with Gasteiger partial charge in [0.25, 0.3) is 5.91 Å². The number of para-hydroxylation sites is 1. The number of benzene rings is 1. The summed E-state index contributed by atoms with van der Waals surface area (Å²) in [6.07, 6.45) is -0.322. The first-order chi connectivity index (χ1) is 18.6. The molecule has 1 aromatic carbocycles. The lowest BCUT2D eigenvalue weighted by Crippen LogP contribution is -2.53. The Hall–Kier alpha value is -3.93. The fourth-order valence-corrected chi connectivity index (χ4v) is 4.40. The fraction of sp³-hybridized carbons (Fsp3) is 0.519. The van der Waals surface area contributed by atoms with Crippen LogP contribution in [0.3, 0.4) is 0 Å². The number of nitrogens with one attached hydrogen (secondary N) is 4. The molecule has 12 heteroatoms. The molecule has 0 saturated heterocycles. The molecule has 0 unspecified atom stereocenters. The van der Waals surface area contributed by atoms with Crippen LogP contribution in [0.15, 0.2) is 24.3 Å². The van der Waals surface area contributed by atoms with Gasteiger partial charge in [-0.2, -0.15) is 5.10 Å². The molecule has 0 saturated carbocycles. The summed E-state index contributed by atoms with van der Waals surface area (Å²) in [5.41, 5.74) is 3.18. The molecule has 1 aliphatic rings. The highest BCUT2D eigenvalue weighted by atomic mass is 16.5. The molecule has 0 spiro atoms. The molecule has 212 valence electrons. The number of ether oxygens (including phenoxy) is 1. The predicted octanol–water partition coefficient (Wildman–Crippen LogP) is 0.0387. The van der Waals surface area contributed by atoms with E-state index in [1.807, 2.05) is 20.9 Å². The second kappa shape index (κ2) is 13.7. The SMILES string of the molecule is Cc1nn(C)c(C)c1CCNC(=O)[C@@H]1CCC(=O)N[C@@H]([C@@H](C)O)C(=O)NCCCOc2ccccc2C(=O)N1. The van der Waals surface area contributed by atoms with E-state index in [1.54, 1.807) is 28.9 Å². The van der Waals surface area contributed by atoms with Crippen LogP contribution < -0.4 is 26.0 Å². The second-order valence-electron chi connectivity index (χ2n) is 9.65. The molecular weight excluding hydrogens is 504 g/mol. The van der Waals surface area contributed by atoms with Crippen molar-refractivity contribution in [2.24, 2.45) is 7.05 Å². The van der Waals surface area contributed by atoms with Gasteiger partial charge in [0.15, 0.2) is 0 Å². The quantitative estimate of drug-likeness (QED) is 0.356. The molecule has 3 rings (SSSR count). The lowest BCUT2D eigenvalue weighted by atomic mass is 10.1. The van der Waals surface area contributed by atoms with Crippen molar-refractivity contribution in [3.8, 4) is 5.75 Å². The summed E-state index contributed by atoms with van der Waals surface area (Å²) in [7, 11) is 1.86. The van der Waals surface area contributed by atoms with E-state index in [1.165, 1.54) is 6.92 Å². The molecule has 12 nitrogen and oxygen atoms in total. The number of hydrogen-bond donors (Lipinski definition) is 5. The highest BCUT2D eigenvalue weighted by molar-refractivity contribution is 5.99. The van der Waals surface area contributed by atoms with Crippen molar-refractivity contribution < 1.29 is 29.0 Å². The molecule has 1 aromatic heterocycles. The number of carbonyl (C=O) groups is 4. The Balaban J connectivity index is 1.78. The maximum atomic E-state index is 13.2. The minimum absolute atomic E-state index is 0.0223. The maximum absolute atomic E-state index is 13.2. The Labute approximate surface area is 227 Å². The summed E-state index contributed by atoms with van der Waals surface area (Å²) in [6.45, 7) is 6.06. The second-order valence-corrected chi connectivity index (χ2v) is 9.65. The molecule has 0 aliphatic carbocycles. The average Bonchev–Trinajstić information content (AvgIpc) is 3.14. The van der Waals surface area contributed by atoms with Crippen LogP contribution in [0.5, 0.6) is 5.75 Å². The molecule has 0 fully saturated rings. The number of fused-ring (bicyclic) bond motifs is 1. The Morgan fingerprint density at radius 3 is 2.67 bits per heavy atom. The van der Waals surface area contributed by atoms with Gasteiger partial charge in [-0.05, 0) is 57.7 Å². The van der Waals surface area contributed by atoms with Crippen molar-refractivity contribution in [3.63, 3.8) is 0 Å². The maximum Gasteiger partial charge on any atom is 0.255 e. The number of aliphatic hydroxyl groups is 1. The zero-order valence-electron chi connectivity index (χ0n) is 22.9. The molecule has 0 radical (unpaired) electrons. The summed E-state index contributed by atoms with van der Waals surface area (Å²) in [5, 5.41) is 25.2. The smallest absolute Gasteiger partial charge is 0.255 e. The zero-order chi connectivity index (χ0) is 28.5. The number of aromatic nitrogens is 2. The largest absolute Gasteiger partial charge is 0.493 e. The Morgan fingerprint density at radius 2 is 1.97 bits per heavy atom. The van der Waals surface area contributed by atoms with Crippen molar-refractivity contribution in [2.45, 2.75) is 64.6 Å². The summed E-state index contributed by atoms with van der Waals surface area (Å²) in [4.78, 5) is 51.6. The number of amides is 4. The summed E-state index contributed by atoms with van der Waals surface area (Å²) in [6, 6.07) is 4.49. The third-order valence-electron chi connectivity index (χ3n) is 6.71. The third kappa shape index (κ3) is 8.03. The number of rotatable bonds is 5. The normalized spacial score (nSPS) is 20.1. The molecular formula is C27H38N6O6. The van der Waals surface area contributed by atoms with Gasteiger partial charge in [0, 0.05) is 32.3 Å². The highest BCUT2D eigenvalue weighted by Gasteiger charge is 2.28. The van der Waals surface area contributed by atoms with Gasteiger partial charge in [0.1, 0.15) is 17.8 Å². The summed E-state index contributed by atoms with van der Waals surface area (Å²) < 4.78 is 7.56. The van der Waals surface area contributed by atoms with Crippen LogP contribution in [0.1, 0.15) is 53.5 Å². The van der Waals surface area contributed by atoms with Crippen LogP contribution in [0, 0.1) is 13.8 Å². The van der Waals surface area contributed by atoms with Gasteiger partial charge in [-0.15, -0.1) is 0 Å². The number of aliphatic hydroxyl groups excluding tert-OH is 1. The van der Waals surface area contributed by atoms with Gasteiger partial charge in [-0.3, -0.25) is 23.9 Å². The Kier molecular flexibility index (Phi) is 10.4. The highest BCUT2D eigenvalue weighted by Crippen LogP contribution is 2.19. The predicted molar refractivity (Wildman–Crippen MR) is 143 cm³/mol. The monoisotopic (exact) mass is 542 g/mol. The van der Waals surface area contributed by atoms with E-state index < -0.39 is 41.8 Å². The molecule has 1 aliphatic heterocycles. The van der Waals surface area contributed by atoms with Crippen LogP contribution in [0.2, 0.25) is 0 Å². The van der Waals surface area contributed by atoms with E-state index in [9.17, 15) is 24.3 Å². The molecule has 4 amide bonds. The Morgan fingerprint density at radius 1 is 1.23 bits per heavy atom. The first-order valence-corrected chi connectivity index (χ1v) is 13.1. The Bertz CT molecular complexity index is 1190. The average molecular weight is 543 g/mol. The van der Waals surface area contributed by atoms with Gasteiger partial charge >= 0.3 is 0 Å². The molecule has 2 heterocycles. The van der Waals surface area contributed by atoms with E-state index in [-0.39, 0.29) is 31.6 Å². The van der Waals surface area contributed by atoms with E-state index in [0.29, 0.717) is 25.1 Å². The van der Waals surface area contributed by atoms with Gasteiger partial charge in [0.05, 0.1) is 24.0 Å². The van der Waals surface area contributed by atoms with Crippen LogP contribution in [-0.2, 0) is 27.9 Å². The van der Waals surface area contributed by atoms with Gasteiger partial charge in [-0.1, -0.05) is 12.1 Å². The lowest BCUT2D eigenvalue weighted by molar-refractivity contribution is -0.132. The van der Waals surface area contributed by atoms with Gasteiger partial charge in [0.2, 0.25) is 17.7 Å². The van der Waals surface area contributed by atoms with Crippen molar-refractivity contribution >= 4 is 23.6 Å². The minimum atomic E-state index is -1.15. The zero-order valence-corrected chi connectivity index (χ0v) is 22.9. The number of carbonyl (C=O) groups excluding carboxylic acids is 4. The van der Waals surface area contributed by atoms with Gasteiger partial charge < -0.3 is 31.1 Å². The first kappa shape index (κ1) is 29.6. The molecule has 39 heavy (non-hydrogen) atoms. The number of aryl methyl sites for hydroxylation is 2. The van der Waals surface area contributed by atoms with Crippen LogP contribution in [0.4, 0.5) is 0 Å². The summed E-state index contributed by atoms with van der Waals surface area (Å²) in [5.74, 6) is -1.66. The molecule has 5 N–H and O–H groups in total. The van der Waals surface area contributed by atoms with Crippen molar-refractivity contribution in [2.75, 3.05) is 19.7 Å². The number of hydrogen-bond acceptors (Lipinski definition) is 7. The minimum Gasteiger partial charge on any atom is -0.493 e. The standard InChI is InChI=1S/C27H38N6O6/c1-16-19(17(2)33(4)32-16)12-14-29-26(37)21-10-11-23(35)31-24(18(3)34)27(38)28-13-7-15-39-22-9-6-5-8-20(22)25(36)30-21/h5-6,8-9,18,21,24,34H,7,10-15H2,1-4H3,(H,28,38)(H,29,37)(H,30,36)(H,31,35)/t18-,21+,24+/m1/s1. The third-order valence-corrected chi connectivity index (χ3v) is 6.71. The van der Waals surface area contributed by atoms with Crippen LogP contribution >= 0.6 is 0 Å². The van der Waals surface area contributed by atoms with Crippen molar-refractivity contribution in [1.82, 2.24) is 31.0 Å². The van der Waals surface area contributed by atoms with E-state index in [0.717, 1.165) is 17.0 Å².